The molecule has 3 aromatic carbocycles. The lowest BCUT2D eigenvalue weighted by Crippen LogP contribution is -2.52. The number of fused-ring (bicyclic) bond motifs is 2. The first-order valence-electron chi connectivity index (χ1n) is 9.93. The molecule has 1 fully saturated rings. The minimum Gasteiger partial charge on any atom is -0.423 e. The maximum Gasteiger partial charge on any atom is 0.308 e. The summed E-state index contributed by atoms with van der Waals surface area (Å²) in [7, 11) is 0. The zero-order valence-corrected chi connectivity index (χ0v) is 16.4. The monoisotopic (exact) mass is 396 g/mol. The number of esters is 1. The first-order chi connectivity index (χ1) is 14.6. The van der Waals surface area contributed by atoms with Gasteiger partial charge in [-0.2, -0.15) is 0 Å². The lowest BCUT2D eigenvalue weighted by molar-refractivity contribution is -0.213. The van der Waals surface area contributed by atoms with Crippen molar-refractivity contribution in [2.75, 3.05) is 0 Å². The van der Waals surface area contributed by atoms with Gasteiger partial charge in [0.2, 0.25) is 5.78 Å². The minimum atomic E-state index is -0.892. The Hall–Kier alpha value is -3.50. The third-order valence-electron chi connectivity index (χ3n) is 5.79. The van der Waals surface area contributed by atoms with E-state index < -0.39 is 11.6 Å². The predicted molar refractivity (Wildman–Crippen MR) is 112 cm³/mol. The molecule has 30 heavy (non-hydrogen) atoms. The highest BCUT2D eigenvalue weighted by molar-refractivity contribution is 6.11. The first-order valence-corrected chi connectivity index (χ1v) is 9.93. The van der Waals surface area contributed by atoms with Gasteiger partial charge in [0.15, 0.2) is 5.76 Å². The Balaban J connectivity index is 1.71. The van der Waals surface area contributed by atoms with Gasteiger partial charge in [-0.15, -0.1) is 0 Å². The van der Waals surface area contributed by atoms with E-state index in [2.05, 4.69) is 12.1 Å². The van der Waals surface area contributed by atoms with Gasteiger partial charge in [-0.1, -0.05) is 84.9 Å². The summed E-state index contributed by atoms with van der Waals surface area (Å²) in [4.78, 5) is 24.6. The van der Waals surface area contributed by atoms with Crippen LogP contribution in [-0.4, -0.2) is 11.8 Å². The summed E-state index contributed by atoms with van der Waals surface area (Å²) < 4.78 is 11.9. The van der Waals surface area contributed by atoms with Crippen LogP contribution in [-0.2, 0) is 19.9 Å². The first kappa shape index (κ1) is 18.5. The Labute approximate surface area is 174 Å². The zero-order valence-electron chi connectivity index (χ0n) is 16.4. The number of rotatable bonds is 3. The lowest BCUT2D eigenvalue weighted by atomic mass is 9.64. The number of carbonyl (C=O) groups excluding carboxylic acids is 2. The summed E-state index contributed by atoms with van der Waals surface area (Å²) in [6, 6.07) is 27.6. The molecule has 4 nitrogen and oxygen atoms in total. The van der Waals surface area contributed by atoms with Gasteiger partial charge < -0.3 is 9.47 Å². The highest BCUT2D eigenvalue weighted by Crippen LogP contribution is 2.62. The quantitative estimate of drug-likeness (QED) is 0.580. The molecule has 0 amide bonds. The zero-order chi connectivity index (χ0) is 20.7. The van der Waals surface area contributed by atoms with Gasteiger partial charge in [0.1, 0.15) is 5.60 Å². The van der Waals surface area contributed by atoms with Crippen LogP contribution in [0.25, 0.3) is 0 Å². The average Bonchev–Trinajstić information content (AvgIpc) is 2.76. The molecule has 148 valence electrons. The van der Waals surface area contributed by atoms with Gasteiger partial charge in [-0.25, -0.2) is 0 Å². The standard InChI is InChI=1S/C26H20O4/c1-17(27)29-22-16-26(21-15-9-8-14-20(21)24(22)28)23(18-10-4-2-5-11-18)25(30-26)19-12-6-3-7-13-19/h2-16,23,25H,1H3/t23-,25-,26+/m1/s1. The number of ketones is 1. The molecule has 0 saturated carbocycles. The number of hydrogen-bond acceptors (Lipinski definition) is 4. The van der Waals surface area contributed by atoms with E-state index in [0.29, 0.717) is 5.56 Å². The Morgan fingerprint density at radius 1 is 0.867 bits per heavy atom. The van der Waals surface area contributed by atoms with Crippen LogP contribution in [0.3, 0.4) is 0 Å². The molecule has 0 bridgehead atoms. The van der Waals surface area contributed by atoms with Crippen molar-refractivity contribution < 1.29 is 19.1 Å². The second kappa shape index (κ2) is 7.08. The van der Waals surface area contributed by atoms with Crippen LogP contribution >= 0.6 is 0 Å². The van der Waals surface area contributed by atoms with Crippen molar-refractivity contribution >= 4 is 11.8 Å². The number of Topliss-reactive ketones (excluding diaryl/α,β-unsaturated/α-hetero) is 1. The molecular weight excluding hydrogens is 376 g/mol. The van der Waals surface area contributed by atoms with Crippen LogP contribution in [0.2, 0.25) is 0 Å². The van der Waals surface area contributed by atoms with Crippen LogP contribution in [0.4, 0.5) is 0 Å². The number of ether oxygens (including phenoxy) is 2. The normalized spacial score (nSPS) is 24.6. The van der Waals surface area contributed by atoms with Gasteiger partial charge in [-0.3, -0.25) is 9.59 Å². The smallest absolute Gasteiger partial charge is 0.308 e. The fraction of sp³-hybridized carbons (Fsp3) is 0.154. The molecule has 0 N–H and O–H groups in total. The van der Waals surface area contributed by atoms with Crippen molar-refractivity contribution in [3.05, 3.63) is 119 Å². The molecule has 0 radical (unpaired) electrons. The molecule has 4 heteroatoms. The third kappa shape index (κ3) is 2.80. The van der Waals surface area contributed by atoms with Crippen LogP contribution in [0.15, 0.2) is 96.8 Å². The maximum absolute atomic E-state index is 13.0. The van der Waals surface area contributed by atoms with Gasteiger partial charge in [-0.05, 0) is 22.8 Å². The van der Waals surface area contributed by atoms with E-state index in [1.807, 2.05) is 66.7 Å². The summed E-state index contributed by atoms with van der Waals surface area (Å²) in [5.41, 5.74) is 2.57. The van der Waals surface area contributed by atoms with Crippen molar-refractivity contribution in [2.24, 2.45) is 0 Å². The van der Waals surface area contributed by atoms with Crippen molar-refractivity contribution in [2.45, 2.75) is 24.5 Å². The van der Waals surface area contributed by atoms with Gasteiger partial charge in [0.25, 0.3) is 0 Å². The third-order valence-corrected chi connectivity index (χ3v) is 5.79. The van der Waals surface area contributed by atoms with E-state index in [4.69, 9.17) is 9.47 Å². The van der Waals surface area contributed by atoms with Gasteiger partial charge in [0.05, 0.1) is 12.0 Å². The molecule has 1 aliphatic carbocycles. The molecule has 0 unspecified atom stereocenters. The Bertz CT molecular complexity index is 1150. The molecule has 2 aliphatic rings. The topological polar surface area (TPSA) is 52.6 Å². The second-order valence-electron chi connectivity index (χ2n) is 7.61. The fourth-order valence-electron chi connectivity index (χ4n) is 4.57. The lowest BCUT2D eigenvalue weighted by Gasteiger charge is -2.55. The van der Waals surface area contributed by atoms with Crippen molar-refractivity contribution in [1.82, 2.24) is 0 Å². The summed E-state index contributed by atoms with van der Waals surface area (Å²) in [5, 5.41) is 0. The minimum absolute atomic E-state index is 0.0219. The van der Waals surface area contributed by atoms with Crippen LogP contribution in [0.5, 0.6) is 0 Å². The van der Waals surface area contributed by atoms with E-state index in [0.717, 1.165) is 16.7 Å². The molecule has 3 atom stereocenters. The van der Waals surface area contributed by atoms with Gasteiger partial charge >= 0.3 is 5.97 Å². The van der Waals surface area contributed by atoms with E-state index in [1.54, 1.807) is 12.1 Å². The molecule has 0 aromatic heterocycles. The largest absolute Gasteiger partial charge is 0.423 e. The summed E-state index contributed by atoms with van der Waals surface area (Å²) >= 11 is 0. The van der Waals surface area contributed by atoms with E-state index in [-0.39, 0.29) is 23.6 Å². The van der Waals surface area contributed by atoms with Crippen LogP contribution < -0.4 is 0 Å². The number of carbonyl (C=O) groups is 2. The number of benzene rings is 3. The number of allylic oxidation sites excluding steroid dienone is 1. The van der Waals surface area contributed by atoms with Crippen molar-refractivity contribution in [1.29, 1.82) is 0 Å². The van der Waals surface area contributed by atoms with Crippen LogP contribution in [0.1, 0.15) is 46.0 Å². The average molecular weight is 396 g/mol. The number of hydrogen-bond donors (Lipinski definition) is 0. The highest BCUT2D eigenvalue weighted by atomic mass is 16.6. The Kier molecular flexibility index (Phi) is 4.37. The highest BCUT2D eigenvalue weighted by Gasteiger charge is 2.59. The maximum atomic E-state index is 13.0. The molecule has 1 heterocycles. The summed E-state index contributed by atoms with van der Waals surface area (Å²) in [6.07, 6.45) is 1.50. The molecule has 1 saturated heterocycles. The molecular formula is C26H20O4. The molecule has 5 rings (SSSR count). The Morgan fingerprint density at radius 3 is 2.13 bits per heavy atom. The molecule has 1 spiro atoms. The van der Waals surface area contributed by atoms with Crippen molar-refractivity contribution in [3.63, 3.8) is 0 Å². The summed E-state index contributed by atoms with van der Waals surface area (Å²) in [6.45, 7) is 1.30. The second-order valence-corrected chi connectivity index (χ2v) is 7.61. The predicted octanol–water partition coefficient (Wildman–Crippen LogP) is 5.08. The SMILES string of the molecule is CC(=O)OC1=C[C@]2(O[C@H](c3ccccc3)[C@H]2c2ccccc2)c2ccccc2C1=O. The molecule has 3 aromatic rings. The van der Waals surface area contributed by atoms with E-state index in [9.17, 15) is 9.59 Å². The molecule has 1 aliphatic heterocycles. The fourth-order valence-corrected chi connectivity index (χ4v) is 4.57. The van der Waals surface area contributed by atoms with Gasteiger partial charge in [0, 0.05) is 12.5 Å². The van der Waals surface area contributed by atoms with E-state index >= 15 is 0 Å². The van der Waals surface area contributed by atoms with Crippen molar-refractivity contribution in [3.8, 4) is 0 Å². The Morgan fingerprint density at radius 2 is 1.47 bits per heavy atom. The van der Waals surface area contributed by atoms with E-state index in [1.165, 1.54) is 6.92 Å². The summed E-state index contributed by atoms with van der Waals surface area (Å²) in [5.74, 6) is -0.890. The van der Waals surface area contributed by atoms with Crippen LogP contribution in [0, 0.1) is 0 Å².